The Balaban J connectivity index is 2.12. The van der Waals surface area contributed by atoms with Crippen LogP contribution in [0.5, 0.6) is 0 Å². The van der Waals surface area contributed by atoms with Gasteiger partial charge in [-0.2, -0.15) is 0 Å². The average molecular weight is 533 g/mol. The first kappa shape index (κ1) is 18.9. The van der Waals surface area contributed by atoms with Crippen molar-refractivity contribution in [3.63, 3.8) is 0 Å². The molecule has 2 aromatic rings. The van der Waals surface area contributed by atoms with Crippen LogP contribution in [0.3, 0.4) is 0 Å². The highest BCUT2D eigenvalue weighted by molar-refractivity contribution is 9.11. The molecule has 0 radical (unpaired) electrons. The molecule has 132 valence electrons. The molecule has 4 nitrogen and oxygen atoms in total. The molecule has 0 aliphatic carbocycles. The van der Waals surface area contributed by atoms with E-state index in [0.29, 0.717) is 10.2 Å². The molecule has 7 heteroatoms. The van der Waals surface area contributed by atoms with E-state index in [-0.39, 0.29) is 16.9 Å². The Morgan fingerprint density at radius 1 is 1.12 bits per heavy atom. The predicted octanol–water partition coefficient (Wildman–Crippen LogP) is 5.42. The number of hydrogen-bond acceptors (Lipinski definition) is 2. The molecule has 1 aliphatic heterocycles. The van der Waals surface area contributed by atoms with Crippen molar-refractivity contribution in [3.8, 4) is 0 Å². The van der Waals surface area contributed by atoms with Crippen molar-refractivity contribution in [2.24, 2.45) is 0 Å². The van der Waals surface area contributed by atoms with E-state index in [2.05, 4.69) is 57.7 Å². The third-order valence-corrected chi connectivity index (χ3v) is 6.74. The monoisotopic (exact) mass is 530 g/mol. The molecule has 2 heterocycles. The molecule has 1 aromatic carbocycles. The van der Waals surface area contributed by atoms with Crippen molar-refractivity contribution < 1.29 is 4.79 Å². The molecule has 0 fully saturated rings. The minimum atomic E-state index is -0.371. The van der Waals surface area contributed by atoms with Crippen molar-refractivity contribution >= 4 is 59.4 Å². The van der Waals surface area contributed by atoms with Crippen LogP contribution in [-0.2, 0) is 13.0 Å². The summed E-state index contributed by atoms with van der Waals surface area (Å²) < 4.78 is 4.09. The molecule has 1 N–H and O–H groups in total. The minimum absolute atomic E-state index is 0.238. The zero-order valence-electron chi connectivity index (χ0n) is 13.7. The Labute approximate surface area is 171 Å². The van der Waals surface area contributed by atoms with Gasteiger partial charge in [0.25, 0.3) is 5.91 Å². The number of aromatic nitrogens is 1. The zero-order chi connectivity index (χ0) is 18.1. The van der Waals surface area contributed by atoms with Gasteiger partial charge in [0.05, 0.1) is 10.2 Å². The van der Waals surface area contributed by atoms with E-state index in [9.17, 15) is 9.59 Å². The normalized spacial score (nSPS) is 13.9. The summed E-state index contributed by atoms with van der Waals surface area (Å²) in [5, 5.41) is 2.89. The molecule has 3 rings (SSSR count). The highest BCUT2D eigenvalue weighted by Gasteiger charge is 2.25. The number of anilines is 1. The van der Waals surface area contributed by atoms with Crippen LogP contribution >= 0.6 is 47.8 Å². The maximum atomic E-state index is 13.0. The second-order valence-electron chi connectivity index (χ2n) is 6.06. The minimum Gasteiger partial charge on any atom is -0.347 e. The van der Waals surface area contributed by atoms with Gasteiger partial charge in [0.2, 0.25) is 5.43 Å². The van der Waals surface area contributed by atoms with Crippen LogP contribution in [0.4, 0.5) is 5.69 Å². The summed E-state index contributed by atoms with van der Waals surface area (Å²) in [6.07, 6.45) is 3.88. The molecule has 25 heavy (non-hydrogen) atoms. The number of hydrogen-bond donors (Lipinski definition) is 1. The van der Waals surface area contributed by atoms with Gasteiger partial charge < -0.3 is 9.88 Å². The summed E-state index contributed by atoms with van der Waals surface area (Å²) in [4.78, 5) is 25.8. The summed E-state index contributed by atoms with van der Waals surface area (Å²) in [5.41, 5.74) is 2.34. The zero-order valence-corrected chi connectivity index (χ0v) is 18.4. The van der Waals surface area contributed by atoms with Crippen molar-refractivity contribution in [2.45, 2.75) is 39.2 Å². The first-order valence-electron chi connectivity index (χ1n) is 8.09. The molecule has 0 atom stereocenters. The molecule has 1 amide bonds. The standard InChI is InChI=1S/C18H17Br3N2O2/c1-10-15(21)17(24)14(13-8-3-2-4-9-23(10)13)18(25)22-16-11(19)6-5-7-12(16)20/h5-7H,2-4,8-9H2,1H3,(H,22,25). The molecular weight excluding hydrogens is 516 g/mol. The van der Waals surface area contributed by atoms with Crippen LogP contribution in [0.1, 0.15) is 41.0 Å². The maximum Gasteiger partial charge on any atom is 0.261 e. The first-order valence-corrected chi connectivity index (χ1v) is 10.5. The lowest BCUT2D eigenvalue weighted by Crippen LogP contribution is -2.29. The third kappa shape index (κ3) is 3.64. The van der Waals surface area contributed by atoms with Crippen LogP contribution in [-0.4, -0.2) is 10.5 Å². The average Bonchev–Trinajstić information content (AvgIpc) is 2.82. The summed E-state index contributed by atoms with van der Waals surface area (Å²) >= 11 is 10.3. The van der Waals surface area contributed by atoms with Gasteiger partial charge in [0.15, 0.2) is 0 Å². The van der Waals surface area contributed by atoms with Gasteiger partial charge in [-0.1, -0.05) is 12.5 Å². The van der Waals surface area contributed by atoms with E-state index in [1.54, 1.807) is 0 Å². The van der Waals surface area contributed by atoms with Gasteiger partial charge in [-0.25, -0.2) is 0 Å². The number of pyridine rings is 1. The number of fused-ring (bicyclic) bond motifs is 1. The number of para-hydroxylation sites is 1. The van der Waals surface area contributed by atoms with Gasteiger partial charge in [-0.15, -0.1) is 0 Å². The first-order chi connectivity index (χ1) is 11.9. The molecule has 1 aromatic heterocycles. The van der Waals surface area contributed by atoms with Gasteiger partial charge >= 0.3 is 0 Å². The molecule has 0 unspecified atom stereocenters. The highest BCUT2D eigenvalue weighted by atomic mass is 79.9. The second-order valence-corrected chi connectivity index (χ2v) is 8.56. The number of carbonyl (C=O) groups is 1. The topological polar surface area (TPSA) is 51.1 Å². The van der Waals surface area contributed by atoms with Crippen LogP contribution in [0.15, 0.2) is 36.4 Å². The summed E-state index contributed by atoms with van der Waals surface area (Å²) in [6, 6.07) is 5.56. The fourth-order valence-corrected chi connectivity index (χ4v) is 4.80. The van der Waals surface area contributed by atoms with E-state index in [1.807, 2.05) is 25.1 Å². The molecule has 0 spiro atoms. The van der Waals surface area contributed by atoms with Gasteiger partial charge in [0.1, 0.15) is 5.56 Å². The summed E-state index contributed by atoms with van der Waals surface area (Å²) in [7, 11) is 0. The lowest BCUT2D eigenvalue weighted by Gasteiger charge is -2.19. The molecule has 0 saturated carbocycles. The maximum absolute atomic E-state index is 13.0. The number of amides is 1. The number of rotatable bonds is 2. The van der Waals surface area contributed by atoms with Crippen molar-refractivity contribution in [1.29, 1.82) is 0 Å². The van der Waals surface area contributed by atoms with E-state index in [0.717, 1.165) is 52.6 Å². The lowest BCUT2D eigenvalue weighted by atomic mass is 10.1. The SMILES string of the molecule is Cc1c(Br)c(=O)c(C(=O)Nc2c(Br)cccc2Br)c2n1CCCCC2. The van der Waals surface area contributed by atoms with E-state index < -0.39 is 0 Å². The van der Waals surface area contributed by atoms with Gasteiger partial charge in [-0.3, -0.25) is 9.59 Å². The molecule has 0 saturated heterocycles. The van der Waals surface area contributed by atoms with Crippen molar-refractivity contribution in [2.75, 3.05) is 5.32 Å². The van der Waals surface area contributed by atoms with E-state index >= 15 is 0 Å². The number of nitrogens with zero attached hydrogens (tertiary/aromatic N) is 1. The predicted molar refractivity (Wildman–Crippen MR) is 110 cm³/mol. The number of nitrogens with one attached hydrogen (secondary N) is 1. The van der Waals surface area contributed by atoms with E-state index in [1.165, 1.54) is 0 Å². The Hall–Kier alpha value is -0.920. The summed E-state index contributed by atoms with van der Waals surface area (Å²) in [6.45, 7) is 2.76. The quantitative estimate of drug-likeness (QED) is 0.561. The molecule has 0 bridgehead atoms. The van der Waals surface area contributed by atoms with Crippen LogP contribution in [0, 0.1) is 6.92 Å². The largest absolute Gasteiger partial charge is 0.347 e. The van der Waals surface area contributed by atoms with Gasteiger partial charge in [-0.05, 0) is 86.1 Å². The fourth-order valence-electron chi connectivity index (χ4n) is 3.19. The smallest absolute Gasteiger partial charge is 0.261 e. The Kier molecular flexibility index (Phi) is 5.85. The van der Waals surface area contributed by atoms with Crippen molar-refractivity contribution in [1.82, 2.24) is 4.57 Å². The van der Waals surface area contributed by atoms with Crippen LogP contribution in [0.2, 0.25) is 0 Å². The molecule has 1 aliphatic rings. The van der Waals surface area contributed by atoms with Crippen molar-refractivity contribution in [3.05, 3.63) is 58.8 Å². The Morgan fingerprint density at radius 2 is 1.80 bits per heavy atom. The third-order valence-electron chi connectivity index (χ3n) is 4.49. The molecular formula is C18H17Br3N2O2. The summed E-state index contributed by atoms with van der Waals surface area (Å²) in [5.74, 6) is -0.371. The van der Waals surface area contributed by atoms with Gasteiger partial charge in [0, 0.05) is 26.9 Å². The highest BCUT2D eigenvalue weighted by Crippen LogP contribution is 2.31. The fraction of sp³-hybridized carbons (Fsp3) is 0.333. The second kappa shape index (κ2) is 7.76. The number of benzene rings is 1. The van der Waals surface area contributed by atoms with Crippen LogP contribution < -0.4 is 10.7 Å². The Morgan fingerprint density at radius 3 is 2.48 bits per heavy atom. The van der Waals surface area contributed by atoms with Crippen LogP contribution in [0.25, 0.3) is 0 Å². The number of carbonyl (C=O) groups excluding carboxylic acids is 1. The van der Waals surface area contributed by atoms with E-state index in [4.69, 9.17) is 0 Å². The number of halogens is 3. The Bertz CT molecular complexity index is 886. The lowest BCUT2D eigenvalue weighted by molar-refractivity contribution is 0.102.